The van der Waals surface area contributed by atoms with E-state index in [-0.39, 0.29) is 0 Å². The third-order valence-electron chi connectivity index (χ3n) is 2.54. The van der Waals surface area contributed by atoms with Crippen molar-refractivity contribution in [2.75, 3.05) is 20.7 Å². The first kappa shape index (κ1) is 14.1. The predicted molar refractivity (Wildman–Crippen MR) is 76.2 cm³/mol. The zero-order valence-corrected chi connectivity index (χ0v) is 11.7. The Morgan fingerprint density at radius 3 is 2.53 bits per heavy atom. The molecule has 1 aromatic rings. The Balaban J connectivity index is 2.20. The largest absolute Gasteiger partial charge is 0.376 e. The van der Waals surface area contributed by atoms with Crippen LogP contribution in [-0.2, 0) is 11.3 Å². The van der Waals surface area contributed by atoms with E-state index in [0.717, 1.165) is 18.0 Å². The summed E-state index contributed by atoms with van der Waals surface area (Å²) in [6, 6.07) is 10.2. The summed E-state index contributed by atoms with van der Waals surface area (Å²) in [4.78, 5) is 2.98. The van der Waals surface area contributed by atoms with Crippen molar-refractivity contribution in [1.82, 2.24) is 4.90 Å². The van der Waals surface area contributed by atoms with Crippen LogP contribution in [0.4, 0.5) is 0 Å². The average molecular weight is 251 g/mol. The third-order valence-corrected chi connectivity index (χ3v) is 3.07. The monoisotopic (exact) mass is 251 g/mol. The number of rotatable bonds is 6. The van der Waals surface area contributed by atoms with E-state index in [1.54, 1.807) is 0 Å². The summed E-state index contributed by atoms with van der Waals surface area (Å²) >= 11 is 5.27. The fraction of sp³-hybridized carbons (Fsp3) is 0.500. The zero-order chi connectivity index (χ0) is 12.7. The topological polar surface area (TPSA) is 12.5 Å². The summed E-state index contributed by atoms with van der Waals surface area (Å²) < 4.78 is 5.68. The molecule has 0 spiro atoms. The molecular weight excluding hydrogens is 230 g/mol. The fourth-order valence-electron chi connectivity index (χ4n) is 1.49. The number of benzene rings is 1. The normalized spacial score (nSPS) is 12.2. The minimum Gasteiger partial charge on any atom is -0.376 e. The molecule has 1 aromatic carbocycles. The maximum atomic E-state index is 5.68. The molecule has 17 heavy (non-hydrogen) atoms. The van der Waals surface area contributed by atoms with E-state index in [9.17, 15) is 0 Å². The van der Waals surface area contributed by atoms with Gasteiger partial charge in [-0.05, 0) is 11.5 Å². The average Bonchev–Trinajstić information content (AvgIpc) is 2.30. The minimum atomic E-state index is 0.466. The lowest BCUT2D eigenvalue weighted by atomic mass is 10.1. The van der Waals surface area contributed by atoms with Crippen molar-refractivity contribution in [1.29, 1.82) is 0 Å². The molecule has 0 saturated carbocycles. The molecule has 0 aliphatic carbocycles. The molecule has 0 N–H and O–H groups in total. The highest BCUT2D eigenvalue weighted by Crippen LogP contribution is 2.08. The van der Waals surface area contributed by atoms with Gasteiger partial charge in [0.15, 0.2) is 0 Å². The van der Waals surface area contributed by atoms with E-state index in [1.807, 2.05) is 37.2 Å². The molecule has 0 aromatic heterocycles. The predicted octanol–water partition coefficient (Wildman–Crippen LogP) is 3.12. The van der Waals surface area contributed by atoms with Crippen LogP contribution >= 0.6 is 12.2 Å². The molecule has 0 aliphatic rings. The molecule has 94 valence electrons. The van der Waals surface area contributed by atoms with Gasteiger partial charge in [0.05, 0.1) is 11.6 Å². The second kappa shape index (κ2) is 7.41. The Morgan fingerprint density at radius 1 is 1.29 bits per heavy atom. The van der Waals surface area contributed by atoms with Crippen molar-refractivity contribution in [2.45, 2.75) is 20.0 Å². The van der Waals surface area contributed by atoms with Crippen LogP contribution in [0.15, 0.2) is 30.3 Å². The number of hydrogen-bond donors (Lipinski definition) is 0. The molecule has 1 unspecified atom stereocenters. The quantitative estimate of drug-likeness (QED) is 0.721. The van der Waals surface area contributed by atoms with Gasteiger partial charge in [0.2, 0.25) is 0 Å². The summed E-state index contributed by atoms with van der Waals surface area (Å²) in [5.41, 5.74) is 1.22. The molecule has 0 radical (unpaired) electrons. The molecule has 0 amide bonds. The summed E-state index contributed by atoms with van der Waals surface area (Å²) in [5, 5.41) is 0. The SMILES string of the molecule is CC(COCc1ccccc1)CC(=S)N(C)C. The van der Waals surface area contributed by atoms with Gasteiger partial charge in [-0.3, -0.25) is 0 Å². The van der Waals surface area contributed by atoms with Crippen LogP contribution < -0.4 is 0 Å². The first-order valence-electron chi connectivity index (χ1n) is 5.91. The van der Waals surface area contributed by atoms with E-state index in [1.165, 1.54) is 5.56 Å². The zero-order valence-electron chi connectivity index (χ0n) is 10.8. The first-order chi connectivity index (χ1) is 8.09. The van der Waals surface area contributed by atoms with Crippen molar-refractivity contribution in [2.24, 2.45) is 5.92 Å². The van der Waals surface area contributed by atoms with Crippen LogP contribution in [-0.4, -0.2) is 30.6 Å². The smallest absolute Gasteiger partial charge is 0.0777 e. The highest BCUT2D eigenvalue weighted by molar-refractivity contribution is 7.80. The molecule has 2 nitrogen and oxygen atoms in total. The minimum absolute atomic E-state index is 0.466. The van der Waals surface area contributed by atoms with Crippen molar-refractivity contribution in [3.63, 3.8) is 0 Å². The van der Waals surface area contributed by atoms with Gasteiger partial charge in [-0.25, -0.2) is 0 Å². The second-order valence-corrected chi connectivity index (χ2v) is 5.07. The van der Waals surface area contributed by atoms with Crippen LogP contribution in [0.1, 0.15) is 18.9 Å². The molecule has 0 aliphatic heterocycles. The Morgan fingerprint density at radius 2 is 1.94 bits per heavy atom. The van der Waals surface area contributed by atoms with Crippen LogP contribution in [0.25, 0.3) is 0 Å². The van der Waals surface area contributed by atoms with Crippen LogP contribution in [0.5, 0.6) is 0 Å². The molecule has 1 rings (SSSR count). The van der Waals surface area contributed by atoms with E-state index >= 15 is 0 Å². The van der Waals surface area contributed by atoms with Gasteiger partial charge in [0.1, 0.15) is 0 Å². The third kappa shape index (κ3) is 5.80. The number of nitrogens with zero attached hydrogens (tertiary/aromatic N) is 1. The van der Waals surface area contributed by atoms with Gasteiger partial charge in [-0.2, -0.15) is 0 Å². The summed E-state index contributed by atoms with van der Waals surface area (Å²) in [6.45, 7) is 3.60. The maximum Gasteiger partial charge on any atom is 0.0777 e. The summed E-state index contributed by atoms with van der Waals surface area (Å²) in [5.74, 6) is 0.466. The Bertz CT molecular complexity index is 337. The molecule has 0 heterocycles. The van der Waals surface area contributed by atoms with Crippen LogP contribution in [0.3, 0.4) is 0 Å². The first-order valence-corrected chi connectivity index (χ1v) is 6.32. The lowest BCUT2D eigenvalue weighted by molar-refractivity contribution is 0.0936. The highest BCUT2D eigenvalue weighted by atomic mass is 32.1. The van der Waals surface area contributed by atoms with E-state index in [4.69, 9.17) is 17.0 Å². The van der Waals surface area contributed by atoms with Crippen LogP contribution in [0.2, 0.25) is 0 Å². The molecule has 3 heteroatoms. The van der Waals surface area contributed by atoms with Gasteiger partial charge in [-0.1, -0.05) is 49.5 Å². The number of thiocarbonyl (C=S) groups is 1. The van der Waals surface area contributed by atoms with Gasteiger partial charge < -0.3 is 9.64 Å². The lowest BCUT2D eigenvalue weighted by Gasteiger charge is -2.18. The van der Waals surface area contributed by atoms with E-state index in [2.05, 4.69) is 19.1 Å². The second-order valence-electron chi connectivity index (χ2n) is 4.60. The van der Waals surface area contributed by atoms with Crippen LogP contribution in [0, 0.1) is 5.92 Å². The standard InChI is InChI=1S/C14H21NOS/c1-12(9-14(17)15(2)3)10-16-11-13-7-5-4-6-8-13/h4-8,12H,9-11H2,1-3H3. The molecular formula is C14H21NOS. The summed E-state index contributed by atoms with van der Waals surface area (Å²) in [6.07, 6.45) is 0.914. The lowest BCUT2D eigenvalue weighted by Crippen LogP contribution is -2.23. The van der Waals surface area contributed by atoms with E-state index < -0.39 is 0 Å². The van der Waals surface area contributed by atoms with Crippen molar-refractivity contribution >= 4 is 17.2 Å². The Hall–Kier alpha value is -0.930. The van der Waals surface area contributed by atoms with Gasteiger partial charge in [0.25, 0.3) is 0 Å². The molecule has 1 atom stereocenters. The Kier molecular flexibility index (Phi) is 6.16. The summed E-state index contributed by atoms with van der Waals surface area (Å²) in [7, 11) is 3.97. The molecule has 0 bridgehead atoms. The van der Waals surface area contributed by atoms with Crippen molar-refractivity contribution in [3.8, 4) is 0 Å². The number of hydrogen-bond acceptors (Lipinski definition) is 2. The van der Waals surface area contributed by atoms with Crippen molar-refractivity contribution < 1.29 is 4.74 Å². The van der Waals surface area contributed by atoms with E-state index in [0.29, 0.717) is 12.5 Å². The highest BCUT2D eigenvalue weighted by Gasteiger charge is 2.07. The Labute approximate surface area is 110 Å². The van der Waals surface area contributed by atoms with Gasteiger partial charge >= 0.3 is 0 Å². The van der Waals surface area contributed by atoms with Gasteiger partial charge in [-0.15, -0.1) is 0 Å². The van der Waals surface area contributed by atoms with Crippen molar-refractivity contribution in [3.05, 3.63) is 35.9 Å². The maximum absolute atomic E-state index is 5.68. The molecule has 0 saturated heterocycles. The number of ether oxygens (including phenoxy) is 1. The van der Waals surface area contributed by atoms with Gasteiger partial charge in [0, 0.05) is 27.1 Å². The fourth-order valence-corrected chi connectivity index (χ4v) is 1.78. The molecule has 0 fully saturated rings.